The Bertz CT molecular complexity index is 205. The molecule has 0 aromatic carbocycles. The van der Waals surface area contributed by atoms with E-state index in [1.807, 2.05) is 0 Å². The van der Waals surface area contributed by atoms with Crippen molar-refractivity contribution in [2.75, 3.05) is 6.54 Å². The van der Waals surface area contributed by atoms with Gasteiger partial charge < -0.3 is 4.90 Å². The van der Waals surface area contributed by atoms with Crippen LogP contribution in [0.5, 0.6) is 0 Å². The molecule has 0 saturated carbocycles. The minimum Gasteiger partial charge on any atom is -0.363 e. The maximum Gasteiger partial charge on any atom is 0.0371 e. The van der Waals surface area contributed by atoms with Crippen LogP contribution in [-0.4, -0.2) is 17.0 Å². The number of allylic oxidation sites excluding steroid dienone is 1. The third kappa shape index (κ3) is 1.47. The van der Waals surface area contributed by atoms with Crippen molar-refractivity contribution in [3.63, 3.8) is 0 Å². The fourth-order valence-corrected chi connectivity index (χ4v) is 1.35. The second-order valence-electron chi connectivity index (χ2n) is 4.12. The van der Waals surface area contributed by atoms with Gasteiger partial charge in [0.1, 0.15) is 0 Å². The third-order valence-electron chi connectivity index (χ3n) is 2.17. The standard InChI is InChI=1S/C10H17N/c1-8-6-7-11(9(8)2)10(3,4)5/h6H,2,7H2,1,3-5H3. The van der Waals surface area contributed by atoms with Crippen LogP contribution in [0.3, 0.4) is 0 Å². The molecule has 1 heteroatoms. The van der Waals surface area contributed by atoms with Gasteiger partial charge in [-0.1, -0.05) is 12.7 Å². The van der Waals surface area contributed by atoms with E-state index in [2.05, 4.69) is 45.2 Å². The number of rotatable bonds is 0. The van der Waals surface area contributed by atoms with Crippen molar-refractivity contribution in [1.29, 1.82) is 0 Å². The van der Waals surface area contributed by atoms with Gasteiger partial charge in [0, 0.05) is 17.8 Å². The summed E-state index contributed by atoms with van der Waals surface area (Å²) in [5.74, 6) is 0. The molecule has 1 aliphatic heterocycles. The molecule has 0 saturated heterocycles. The summed E-state index contributed by atoms with van der Waals surface area (Å²) in [7, 11) is 0. The lowest BCUT2D eigenvalue weighted by atomic mass is 10.1. The van der Waals surface area contributed by atoms with Gasteiger partial charge in [0.05, 0.1) is 0 Å². The van der Waals surface area contributed by atoms with E-state index in [1.54, 1.807) is 0 Å². The summed E-state index contributed by atoms with van der Waals surface area (Å²) in [6, 6.07) is 0. The Hall–Kier alpha value is -0.720. The van der Waals surface area contributed by atoms with Crippen LogP contribution in [0, 0.1) is 0 Å². The molecular weight excluding hydrogens is 134 g/mol. The Morgan fingerprint density at radius 2 is 2.00 bits per heavy atom. The molecule has 0 aliphatic carbocycles. The fourth-order valence-electron chi connectivity index (χ4n) is 1.35. The van der Waals surface area contributed by atoms with Crippen LogP contribution in [-0.2, 0) is 0 Å². The molecule has 0 unspecified atom stereocenters. The first-order valence-electron chi connectivity index (χ1n) is 4.06. The van der Waals surface area contributed by atoms with Crippen LogP contribution in [0.4, 0.5) is 0 Å². The van der Waals surface area contributed by atoms with Crippen molar-refractivity contribution in [2.45, 2.75) is 33.2 Å². The predicted octanol–water partition coefficient (Wildman–Crippen LogP) is 2.56. The van der Waals surface area contributed by atoms with Crippen molar-refractivity contribution >= 4 is 0 Å². The maximum atomic E-state index is 4.04. The number of hydrogen-bond acceptors (Lipinski definition) is 1. The monoisotopic (exact) mass is 151 g/mol. The Labute approximate surface area is 69.4 Å². The number of nitrogens with zero attached hydrogens (tertiary/aromatic N) is 1. The third-order valence-corrected chi connectivity index (χ3v) is 2.17. The van der Waals surface area contributed by atoms with E-state index in [-0.39, 0.29) is 5.54 Å². The van der Waals surface area contributed by atoms with E-state index in [4.69, 9.17) is 0 Å². The summed E-state index contributed by atoms with van der Waals surface area (Å²) in [5, 5.41) is 0. The zero-order chi connectivity index (χ0) is 8.65. The van der Waals surface area contributed by atoms with E-state index < -0.39 is 0 Å². The zero-order valence-corrected chi connectivity index (χ0v) is 7.94. The largest absolute Gasteiger partial charge is 0.363 e. The van der Waals surface area contributed by atoms with Crippen molar-refractivity contribution in [3.05, 3.63) is 23.9 Å². The van der Waals surface area contributed by atoms with Gasteiger partial charge in [0.25, 0.3) is 0 Å². The molecule has 1 rings (SSSR count). The predicted molar refractivity (Wildman–Crippen MR) is 49.4 cm³/mol. The van der Waals surface area contributed by atoms with Gasteiger partial charge in [-0.2, -0.15) is 0 Å². The molecule has 0 aromatic heterocycles. The smallest absolute Gasteiger partial charge is 0.0371 e. The molecule has 0 aromatic rings. The molecule has 0 fully saturated rings. The first kappa shape index (κ1) is 8.38. The first-order chi connectivity index (χ1) is 4.93. The van der Waals surface area contributed by atoms with E-state index in [1.165, 1.54) is 11.3 Å². The second-order valence-corrected chi connectivity index (χ2v) is 4.12. The van der Waals surface area contributed by atoms with Crippen molar-refractivity contribution < 1.29 is 0 Å². The fraction of sp³-hybridized carbons (Fsp3) is 0.600. The summed E-state index contributed by atoms with van der Waals surface area (Å²) < 4.78 is 0. The highest BCUT2D eigenvalue weighted by atomic mass is 15.2. The summed E-state index contributed by atoms with van der Waals surface area (Å²) in [5.41, 5.74) is 2.71. The molecule has 1 aliphatic rings. The first-order valence-corrected chi connectivity index (χ1v) is 4.06. The minimum absolute atomic E-state index is 0.214. The van der Waals surface area contributed by atoms with E-state index in [0.29, 0.717) is 0 Å². The molecule has 1 nitrogen and oxygen atoms in total. The van der Waals surface area contributed by atoms with Crippen LogP contribution < -0.4 is 0 Å². The lowest BCUT2D eigenvalue weighted by Gasteiger charge is -2.35. The topological polar surface area (TPSA) is 3.24 Å². The lowest BCUT2D eigenvalue weighted by Crippen LogP contribution is -2.38. The average molecular weight is 151 g/mol. The van der Waals surface area contributed by atoms with E-state index >= 15 is 0 Å². The summed E-state index contributed by atoms with van der Waals surface area (Å²) in [6.07, 6.45) is 2.23. The highest BCUT2D eigenvalue weighted by Gasteiger charge is 2.25. The second kappa shape index (κ2) is 2.40. The van der Waals surface area contributed by atoms with Crippen LogP contribution in [0.1, 0.15) is 27.7 Å². The molecule has 0 bridgehead atoms. The van der Waals surface area contributed by atoms with Gasteiger partial charge in [-0.05, 0) is 33.3 Å². The Kier molecular flexibility index (Phi) is 1.83. The van der Waals surface area contributed by atoms with Crippen LogP contribution in [0.15, 0.2) is 23.9 Å². The van der Waals surface area contributed by atoms with Gasteiger partial charge in [-0.25, -0.2) is 0 Å². The van der Waals surface area contributed by atoms with Gasteiger partial charge in [-0.15, -0.1) is 0 Å². The van der Waals surface area contributed by atoms with Gasteiger partial charge in [0.15, 0.2) is 0 Å². The average Bonchev–Trinajstić information content (AvgIpc) is 2.11. The van der Waals surface area contributed by atoms with Crippen molar-refractivity contribution in [1.82, 2.24) is 4.90 Å². The lowest BCUT2D eigenvalue weighted by molar-refractivity contribution is 0.220. The molecule has 11 heavy (non-hydrogen) atoms. The zero-order valence-electron chi connectivity index (χ0n) is 7.94. The van der Waals surface area contributed by atoms with Gasteiger partial charge >= 0.3 is 0 Å². The molecule has 0 radical (unpaired) electrons. The van der Waals surface area contributed by atoms with Gasteiger partial charge in [0.2, 0.25) is 0 Å². The molecule has 0 atom stereocenters. The SMILES string of the molecule is C=C1C(C)=CCN1C(C)(C)C. The maximum absolute atomic E-state index is 4.04. The Morgan fingerprint density at radius 1 is 1.45 bits per heavy atom. The molecule has 0 amide bonds. The summed E-state index contributed by atoms with van der Waals surface area (Å²) >= 11 is 0. The molecule has 62 valence electrons. The molecule has 0 spiro atoms. The molecule has 1 heterocycles. The van der Waals surface area contributed by atoms with E-state index in [0.717, 1.165) is 6.54 Å². The van der Waals surface area contributed by atoms with Gasteiger partial charge in [-0.3, -0.25) is 0 Å². The molecular formula is C10H17N. The normalized spacial score (nSPS) is 19.1. The highest BCUT2D eigenvalue weighted by Crippen LogP contribution is 2.27. The number of hydrogen-bond donors (Lipinski definition) is 0. The summed E-state index contributed by atoms with van der Waals surface area (Å²) in [6.45, 7) is 13.8. The summed E-state index contributed by atoms with van der Waals surface area (Å²) in [4.78, 5) is 2.32. The quantitative estimate of drug-likeness (QED) is 0.514. The van der Waals surface area contributed by atoms with Crippen LogP contribution in [0.25, 0.3) is 0 Å². The minimum atomic E-state index is 0.214. The Morgan fingerprint density at radius 3 is 2.18 bits per heavy atom. The van der Waals surface area contributed by atoms with Crippen LogP contribution >= 0.6 is 0 Å². The van der Waals surface area contributed by atoms with Crippen molar-refractivity contribution in [2.24, 2.45) is 0 Å². The van der Waals surface area contributed by atoms with Crippen LogP contribution in [0.2, 0.25) is 0 Å². The van der Waals surface area contributed by atoms with Crippen molar-refractivity contribution in [3.8, 4) is 0 Å². The molecule has 0 N–H and O–H groups in total. The Balaban J connectivity index is 2.76. The highest BCUT2D eigenvalue weighted by molar-refractivity contribution is 5.32. The van der Waals surface area contributed by atoms with E-state index in [9.17, 15) is 0 Å².